The first kappa shape index (κ1) is 16.9. The van der Waals surface area contributed by atoms with Gasteiger partial charge in [0, 0.05) is 30.0 Å². The van der Waals surface area contributed by atoms with Gasteiger partial charge in [-0.3, -0.25) is 9.59 Å². The number of H-pyrrole nitrogens is 1. The Hall–Kier alpha value is -2.50. The number of carbonyl (C=O) groups excluding carboxylic acids is 1. The van der Waals surface area contributed by atoms with Gasteiger partial charge in [-0.05, 0) is 18.1 Å². The molecule has 0 spiro atoms. The topological polar surface area (TPSA) is 80.4 Å². The van der Waals surface area contributed by atoms with Crippen LogP contribution in [-0.4, -0.2) is 25.1 Å². The third-order valence-electron chi connectivity index (χ3n) is 3.49. The highest BCUT2D eigenvalue weighted by atomic mass is 16.5. The molecule has 0 radical (unpaired) electrons. The van der Waals surface area contributed by atoms with Crippen molar-refractivity contribution >= 4 is 16.8 Å². The van der Waals surface area contributed by atoms with E-state index < -0.39 is 0 Å². The van der Waals surface area contributed by atoms with Crippen LogP contribution in [0.1, 0.15) is 25.8 Å². The molecule has 1 aromatic heterocycles. The Morgan fingerprint density at radius 2 is 1.83 bits per heavy atom. The number of carbonyl (C=O) groups is 1. The maximum atomic E-state index is 12.1. The van der Waals surface area contributed by atoms with E-state index in [1.807, 2.05) is 13.8 Å². The number of nitrogens with one attached hydrogen (secondary N) is 2. The normalized spacial score (nSPS) is 10.8. The Kier molecular flexibility index (Phi) is 5.26. The van der Waals surface area contributed by atoms with Gasteiger partial charge in [-0.25, -0.2) is 0 Å². The summed E-state index contributed by atoms with van der Waals surface area (Å²) < 4.78 is 10.5. The molecule has 1 amide bonds. The number of hydrogen-bond donors (Lipinski definition) is 2. The number of amides is 1. The van der Waals surface area contributed by atoms with Gasteiger partial charge >= 0.3 is 0 Å². The van der Waals surface area contributed by atoms with Gasteiger partial charge in [0.15, 0.2) is 11.5 Å². The maximum absolute atomic E-state index is 12.1. The third kappa shape index (κ3) is 4.03. The summed E-state index contributed by atoms with van der Waals surface area (Å²) in [6, 6.07) is 5.27. The minimum atomic E-state index is -0.227. The summed E-state index contributed by atoms with van der Waals surface area (Å²) in [5.41, 5.74) is 0.932. The first-order valence-corrected chi connectivity index (χ1v) is 7.49. The summed E-state index contributed by atoms with van der Waals surface area (Å²) in [6.07, 6.45) is 0.441. The van der Waals surface area contributed by atoms with Crippen molar-refractivity contribution in [3.05, 3.63) is 34.1 Å². The van der Waals surface area contributed by atoms with Crippen LogP contribution in [0.15, 0.2) is 23.0 Å². The van der Waals surface area contributed by atoms with Crippen LogP contribution in [0.25, 0.3) is 10.9 Å². The number of rotatable bonds is 6. The monoisotopic (exact) mass is 318 g/mol. The SMILES string of the molecule is COc1cc2cc(CNC(=O)CC(C)C)c(=O)[nH]c2cc1OC. The lowest BCUT2D eigenvalue weighted by atomic mass is 10.1. The van der Waals surface area contributed by atoms with E-state index in [1.54, 1.807) is 32.4 Å². The molecule has 23 heavy (non-hydrogen) atoms. The fourth-order valence-corrected chi connectivity index (χ4v) is 2.35. The molecule has 6 nitrogen and oxygen atoms in total. The Morgan fingerprint density at radius 3 is 2.43 bits per heavy atom. The largest absolute Gasteiger partial charge is 0.493 e. The lowest BCUT2D eigenvalue weighted by Gasteiger charge is -2.11. The van der Waals surface area contributed by atoms with E-state index in [4.69, 9.17) is 9.47 Å². The van der Waals surface area contributed by atoms with E-state index in [0.29, 0.717) is 29.0 Å². The van der Waals surface area contributed by atoms with E-state index in [1.165, 1.54) is 0 Å². The number of pyridine rings is 1. The molecule has 1 heterocycles. The average Bonchev–Trinajstić information content (AvgIpc) is 2.50. The highest BCUT2D eigenvalue weighted by Crippen LogP contribution is 2.30. The molecule has 0 atom stereocenters. The highest BCUT2D eigenvalue weighted by molar-refractivity contribution is 5.83. The molecule has 2 N–H and O–H groups in total. The van der Waals surface area contributed by atoms with E-state index in [-0.39, 0.29) is 23.9 Å². The summed E-state index contributed by atoms with van der Waals surface area (Å²) in [6.45, 7) is 4.15. The lowest BCUT2D eigenvalue weighted by molar-refractivity contribution is -0.121. The van der Waals surface area contributed by atoms with Crippen LogP contribution in [0.3, 0.4) is 0 Å². The number of ether oxygens (including phenoxy) is 2. The molecule has 2 aromatic rings. The molecular weight excluding hydrogens is 296 g/mol. The Bertz CT molecular complexity index is 765. The van der Waals surface area contributed by atoms with Crippen LogP contribution in [-0.2, 0) is 11.3 Å². The number of hydrogen-bond acceptors (Lipinski definition) is 4. The molecule has 6 heteroatoms. The van der Waals surface area contributed by atoms with Crippen LogP contribution in [0.5, 0.6) is 11.5 Å². The molecule has 0 unspecified atom stereocenters. The van der Waals surface area contributed by atoms with Gasteiger partial charge in [0.25, 0.3) is 5.56 Å². The minimum absolute atomic E-state index is 0.0631. The number of aromatic nitrogens is 1. The van der Waals surface area contributed by atoms with Gasteiger partial charge in [-0.2, -0.15) is 0 Å². The summed E-state index contributed by atoms with van der Waals surface area (Å²) in [5.74, 6) is 1.35. The molecule has 0 saturated heterocycles. The number of aromatic amines is 1. The molecule has 0 bridgehead atoms. The molecule has 2 rings (SSSR count). The standard InChI is InChI=1S/C17H22N2O4/c1-10(2)5-16(20)18-9-12-6-11-7-14(22-3)15(23-4)8-13(11)19-17(12)21/h6-8,10H,5,9H2,1-4H3,(H,18,20)(H,19,21). The van der Waals surface area contributed by atoms with Gasteiger partial charge in [-0.15, -0.1) is 0 Å². The molecule has 1 aromatic carbocycles. The predicted molar refractivity (Wildman–Crippen MR) is 89.0 cm³/mol. The summed E-state index contributed by atoms with van der Waals surface area (Å²) in [7, 11) is 3.10. The minimum Gasteiger partial charge on any atom is -0.493 e. The summed E-state index contributed by atoms with van der Waals surface area (Å²) >= 11 is 0. The first-order valence-electron chi connectivity index (χ1n) is 7.49. The van der Waals surface area contributed by atoms with Gasteiger partial charge in [-0.1, -0.05) is 13.8 Å². The second kappa shape index (κ2) is 7.17. The third-order valence-corrected chi connectivity index (χ3v) is 3.49. The van der Waals surface area contributed by atoms with Crippen LogP contribution in [0.4, 0.5) is 0 Å². The van der Waals surface area contributed by atoms with Gasteiger partial charge in [0.2, 0.25) is 5.91 Å². The molecule has 0 aliphatic carbocycles. The van der Waals surface area contributed by atoms with Crippen molar-refractivity contribution in [3.8, 4) is 11.5 Å². The van der Waals surface area contributed by atoms with Crippen LogP contribution in [0.2, 0.25) is 0 Å². The van der Waals surface area contributed by atoms with Gasteiger partial charge < -0.3 is 19.8 Å². The average molecular weight is 318 g/mol. The molecule has 0 aliphatic heterocycles. The van der Waals surface area contributed by atoms with Crippen LogP contribution >= 0.6 is 0 Å². The van der Waals surface area contributed by atoms with Crippen LogP contribution in [0, 0.1) is 5.92 Å². The molecule has 0 saturated carbocycles. The van der Waals surface area contributed by atoms with Crippen molar-refractivity contribution in [2.24, 2.45) is 5.92 Å². The zero-order chi connectivity index (χ0) is 17.0. The fraction of sp³-hybridized carbons (Fsp3) is 0.412. The quantitative estimate of drug-likeness (QED) is 0.856. The number of fused-ring (bicyclic) bond motifs is 1. The number of methoxy groups -OCH3 is 2. The zero-order valence-corrected chi connectivity index (χ0v) is 13.9. The molecule has 0 fully saturated rings. The molecule has 0 aliphatic rings. The Morgan fingerprint density at radius 1 is 1.17 bits per heavy atom. The summed E-state index contributed by atoms with van der Waals surface area (Å²) in [4.78, 5) is 26.7. The van der Waals surface area contributed by atoms with E-state index >= 15 is 0 Å². The van der Waals surface area contributed by atoms with Crippen LogP contribution < -0.4 is 20.3 Å². The van der Waals surface area contributed by atoms with Crippen molar-refractivity contribution < 1.29 is 14.3 Å². The smallest absolute Gasteiger partial charge is 0.253 e. The second-order valence-electron chi connectivity index (χ2n) is 5.79. The lowest BCUT2D eigenvalue weighted by Crippen LogP contribution is -2.27. The second-order valence-corrected chi connectivity index (χ2v) is 5.79. The maximum Gasteiger partial charge on any atom is 0.253 e. The first-order chi connectivity index (χ1) is 10.9. The van der Waals surface area contributed by atoms with Crippen molar-refractivity contribution in [1.29, 1.82) is 0 Å². The van der Waals surface area contributed by atoms with Crippen molar-refractivity contribution in [3.63, 3.8) is 0 Å². The Labute approximate surface area is 134 Å². The van der Waals surface area contributed by atoms with Crippen molar-refractivity contribution in [2.45, 2.75) is 26.8 Å². The molecule has 124 valence electrons. The van der Waals surface area contributed by atoms with Gasteiger partial charge in [0.05, 0.1) is 19.7 Å². The fourth-order valence-electron chi connectivity index (χ4n) is 2.35. The zero-order valence-electron chi connectivity index (χ0n) is 13.9. The van der Waals surface area contributed by atoms with E-state index in [0.717, 1.165) is 5.39 Å². The summed E-state index contributed by atoms with van der Waals surface area (Å²) in [5, 5.41) is 3.59. The van der Waals surface area contributed by atoms with E-state index in [2.05, 4.69) is 10.3 Å². The van der Waals surface area contributed by atoms with Gasteiger partial charge in [0.1, 0.15) is 0 Å². The molecular formula is C17H22N2O4. The van der Waals surface area contributed by atoms with E-state index in [9.17, 15) is 9.59 Å². The van der Waals surface area contributed by atoms with Crippen molar-refractivity contribution in [1.82, 2.24) is 10.3 Å². The number of benzene rings is 1. The Balaban J connectivity index is 2.29. The predicted octanol–water partition coefficient (Wildman–Crippen LogP) is 2.21. The highest BCUT2D eigenvalue weighted by Gasteiger charge is 2.10. The van der Waals surface area contributed by atoms with Crippen molar-refractivity contribution in [2.75, 3.05) is 14.2 Å².